The Kier molecular flexibility index (Phi) is 3.88. The minimum atomic E-state index is -4.46. The maximum absolute atomic E-state index is 12.7. The van der Waals surface area contributed by atoms with Gasteiger partial charge in [0.15, 0.2) is 0 Å². The maximum atomic E-state index is 12.7. The molecule has 0 bridgehead atoms. The molecule has 0 aliphatic rings. The number of hydrogen-bond donors (Lipinski definition) is 0. The summed E-state index contributed by atoms with van der Waals surface area (Å²) in [4.78, 5) is 16.3. The van der Waals surface area contributed by atoms with E-state index in [-0.39, 0.29) is 11.3 Å². The molecule has 2 aromatic rings. The first-order chi connectivity index (χ1) is 9.43. The molecule has 104 valence electrons. The van der Waals surface area contributed by atoms with Gasteiger partial charge in [-0.1, -0.05) is 25.1 Å². The van der Waals surface area contributed by atoms with E-state index in [1.807, 2.05) is 6.92 Å². The van der Waals surface area contributed by atoms with Crippen molar-refractivity contribution in [3.05, 3.63) is 65.0 Å². The van der Waals surface area contributed by atoms with Crippen molar-refractivity contribution >= 4 is 5.78 Å². The Labute approximate surface area is 114 Å². The van der Waals surface area contributed by atoms with Gasteiger partial charge in [0.2, 0.25) is 5.78 Å². The molecule has 20 heavy (non-hydrogen) atoms. The van der Waals surface area contributed by atoms with Gasteiger partial charge in [-0.2, -0.15) is 13.2 Å². The second kappa shape index (κ2) is 5.45. The summed E-state index contributed by atoms with van der Waals surface area (Å²) >= 11 is 0. The van der Waals surface area contributed by atoms with Crippen molar-refractivity contribution in [2.24, 2.45) is 0 Å². The third-order valence-electron chi connectivity index (χ3n) is 2.94. The zero-order chi connectivity index (χ0) is 14.8. The molecule has 1 aromatic carbocycles. The fourth-order valence-corrected chi connectivity index (χ4v) is 1.90. The van der Waals surface area contributed by atoms with Crippen molar-refractivity contribution in [1.29, 1.82) is 0 Å². The second-order valence-electron chi connectivity index (χ2n) is 4.27. The van der Waals surface area contributed by atoms with Crippen molar-refractivity contribution in [1.82, 2.24) is 4.98 Å². The highest BCUT2D eigenvalue weighted by Gasteiger charge is 2.31. The van der Waals surface area contributed by atoms with Crippen LogP contribution in [0, 0.1) is 0 Å². The molecule has 0 aliphatic carbocycles. The lowest BCUT2D eigenvalue weighted by Crippen LogP contribution is -2.10. The minimum absolute atomic E-state index is 0.00627. The molecular weight excluding hydrogens is 267 g/mol. The standard InChI is InChI=1S/C15H12F3NO/c1-2-10-6-4-8-19-13(10)14(20)11-5-3-7-12(9-11)15(16,17)18/h3-9H,2H2,1H3. The van der Waals surface area contributed by atoms with Gasteiger partial charge >= 0.3 is 6.18 Å². The van der Waals surface area contributed by atoms with Crippen molar-refractivity contribution in [3.63, 3.8) is 0 Å². The van der Waals surface area contributed by atoms with E-state index in [9.17, 15) is 18.0 Å². The van der Waals surface area contributed by atoms with Crippen LogP contribution in [0.2, 0.25) is 0 Å². The number of alkyl halides is 3. The highest BCUT2D eigenvalue weighted by atomic mass is 19.4. The van der Waals surface area contributed by atoms with E-state index in [2.05, 4.69) is 4.98 Å². The van der Waals surface area contributed by atoms with Crippen LogP contribution >= 0.6 is 0 Å². The number of nitrogens with zero attached hydrogens (tertiary/aromatic N) is 1. The molecule has 0 spiro atoms. The number of aromatic nitrogens is 1. The fraction of sp³-hybridized carbons (Fsp3) is 0.200. The first-order valence-corrected chi connectivity index (χ1v) is 6.09. The van der Waals surface area contributed by atoms with Crippen LogP contribution in [-0.2, 0) is 12.6 Å². The number of halogens is 3. The molecule has 0 N–H and O–H groups in total. The quantitative estimate of drug-likeness (QED) is 0.798. The predicted octanol–water partition coefficient (Wildman–Crippen LogP) is 3.89. The molecule has 1 heterocycles. The van der Waals surface area contributed by atoms with Gasteiger partial charge < -0.3 is 0 Å². The number of ketones is 1. The molecule has 0 amide bonds. The number of pyridine rings is 1. The van der Waals surface area contributed by atoms with Crippen molar-refractivity contribution < 1.29 is 18.0 Å². The van der Waals surface area contributed by atoms with Gasteiger partial charge in [-0.25, -0.2) is 0 Å². The fourth-order valence-electron chi connectivity index (χ4n) is 1.90. The minimum Gasteiger partial charge on any atom is -0.287 e. The lowest BCUT2D eigenvalue weighted by Gasteiger charge is -2.09. The van der Waals surface area contributed by atoms with Gasteiger partial charge in [0.25, 0.3) is 0 Å². The van der Waals surface area contributed by atoms with Crippen LogP contribution in [0.25, 0.3) is 0 Å². The summed E-state index contributed by atoms with van der Waals surface area (Å²) in [5.41, 5.74) is 0.0785. The molecule has 1 aromatic heterocycles. The average Bonchev–Trinajstić information content (AvgIpc) is 2.45. The lowest BCUT2D eigenvalue weighted by atomic mass is 10.0. The van der Waals surface area contributed by atoms with Gasteiger partial charge in [0.05, 0.1) is 5.56 Å². The monoisotopic (exact) mass is 279 g/mol. The molecule has 0 radical (unpaired) electrons. The van der Waals surface area contributed by atoms with Crippen LogP contribution in [0.4, 0.5) is 13.2 Å². The third-order valence-corrected chi connectivity index (χ3v) is 2.94. The molecule has 0 aliphatic heterocycles. The van der Waals surface area contributed by atoms with Crippen LogP contribution in [0.1, 0.15) is 34.1 Å². The maximum Gasteiger partial charge on any atom is 0.416 e. The molecule has 5 heteroatoms. The van der Waals surface area contributed by atoms with Gasteiger partial charge in [-0.05, 0) is 30.2 Å². The summed E-state index contributed by atoms with van der Waals surface area (Å²) < 4.78 is 38.0. The van der Waals surface area contributed by atoms with E-state index in [0.29, 0.717) is 6.42 Å². The molecule has 0 fully saturated rings. The number of carbonyl (C=O) groups excluding carboxylic acids is 1. The molecule has 2 rings (SSSR count). The number of benzene rings is 1. The average molecular weight is 279 g/mol. The van der Waals surface area contributed by atoms with Crippen LogP contribution in [-0.4, -0.2) is 10.8 Å². The van der Waals surface area contributed by atoms with E-state index in [1.165, 1.54) is 18.3 Å². The van der Waals surface area contributed by atoms with E-state index >= 15 is 0 Å². The van der Waals surface area contributed by atoms with Crippen molar-refractivity contribution in [2.45, 2.75) is 19.5 Å². The smallest absolute Gasteiger partial charge is 0.287 e. The SMILES string of the molecule is CCc1cccnc1C(=O)c1cccc(C(F)(F)F)c1. The lowest BCUT2D eigenvalue weighted by molar-refractivity contribution is -0.137. The highest BCUT2D eigenvalue weighted by molar-refractivity contribution is 6.08. The topological polar surface area (TPSA) is 30.0 Å². The molecule has 0 saturated carbocycles. The Bertz CT molecular complexity index is 635. The Morgan fingerprint density at radius 2 is 1.95 bits per heavy atom. The van der Waals surface area contributed by atoms with E-state index < -0.39 is 17.5 Å². The largest absolute Gasteiger partial charge is 0.416 e. The molecular formula is C15H12F3NO. The number of hydrogen-bond acceptors (Lipinski definition) is 2. The Morgan fingerprint density at radius 3 is 2.60 bits per heavy atom. The van der Waals surface area contributed by atoms with Crippen molar-refractivity contribution in [2.75, 3.05) is 0 Å². The first kappa shape index (κ1) is 14.2. The summed E-state index contributed by atoms with van der Waals surface area (Å²) in [6, 6.07) is 7.83. The zero-order valence-corrected chi connectivity index (χ0v) is 10.7. The summed E-state index contributed by atoms with van der Waals surface area (Å²) in [5, 5.41) is 0. The molecule has 0 unspecified atom stereocenters. The normalized spacial score (nSPS) is 11.4. The summed E-state index contributed by atoms with van der Waals surface area (Å²) in [6.07, 6.45) is -2.41. The van der Waals surface area contributed by atoms with Gasteiger partial charge in [0, 0.05) is 11.8 Å². The molecule has 0 saturated heterocycles. The molecule has 0 atom stereocenters. The van der Waals surface area contributed by atoms with Gasteiger partial charge in [-0.3, -0.25) is 9.78 Å². The Balaban J connectivity index is 2.44. The van der Waals surface area contributed by atoms with Gasteiger partial charge in [0.1, 0.15) is 5.69 Å². The predicted molar refractivity (Wildman–Crippen MR) is 68.5 cm³/mol. The number of aryl methyl sites for hydroxylation is 1. The van der Waals surface area contributed by atoms with Crippen molar-refractivity contribution in [3.8, 4) is 0 Å². The molecule has 2 nitrogen and oxygen atoms in total. The van der Waals surface area contributed by atoms with E-state index in [0.717, 1.165) is 17.7 Å². The van der Waals surface area contributed by atoms with E-state index in [1.54, 1.807) is 12.1 Å². The highest BCUT2D eigenvalue weighted by Crippen LogP contribution is 2.30. The van der Waals surface area contributed by atoms with Crippen LogP contribution in [0.3, 0.4) is 0 Å². The third kappa shape index (κ3) is 2.87. The number of carbonyl (C=O) groups is 1. The summed E-state index contributed by atoms with van der Waals surface area (Å²) in [5.74, 6) is -0.492. The second-order valence-corrected chi connectivity index (χ2v) is 4.27. The zero-order valence-electron chi connectivity index (χ0n) is 10.7. The first-order valence-electron chi connectivity index (χ1n) is 6.09. The van der Waals surface area contributed by atoms with Crippen LogP contribution in [0.5, 0.6) is 0 Å². The van der Waals surface area contributed by atoms with Crippen LogP contribution in [0.15, 0.2) is 42.6 Å². The Morgan fingerprint density at radius 1 is 1.20 bits per heavy atom. The van der Waals surface area contributed by atoms with Gasteiger partial charge in [-0.15, -0.1) is 0 Å². The van der Waals surface area contributed by atoms with Crippen LogP contribution < -0.4 is 0 Å². The number of rotatable bonds is 3. The summed E-state index contributed by atoms with van der Waals surface area (Å²) in [7, 11) is 0. The van der Waals surface area contributed by atoms with E-state index in [4.69, 9.17) is 0 Å². The Hall–Kier alpha value is -2.17. The summed E-state index contributed by atoms with van der Waals surface area (Å²) in [6.45, 7) is 1.86.